The summed E-state index contributed by atoms with van der Waals surface area (Å²) >= 11 is 0. The zero-order valence-electron chi connectivity index (χ0n) is 21.6. The molecule has 2 aliphatic heterocycles. The van der Waals surface area contributed by atoms with Crippen LogP contribution in [0.25, 0.3) is 21.5 Å². The normalized spacial score (nSPS) is 18.1. The van der Waals surface area contributed by atoms with Crippen molar-refractivity contribution < 1.29 is 28.4 Å². The Morgan fingerprint density at radius 2 is 0.947 bits per heavy atom. The highest BCUT2D eigenvalue weighted by molar-refractivity contribution is 5.85. The third-order valence-corrected chi connectivity index (χ3v) is 6.87. The average Bonchev–Trinajstić information content (AvgIpc) is 3.87. The van der Waals surface area contributed by atoms with E-state index in [2.05, 4.69) is 60.7 Å². The summed E-state index contributed by atoms with van der Waals surface area (Å²) in [6.07, 6.45) is 2.30. The molecule has 6 nitrogen and oxygen atoms in total. The lowest BCUT2D eigenvalue weighted by Crippen LogP contribution is -2.08. The SMILES string of the molecule is c1cc2cc(OCC3CO3)ccc2cc1CCOCCOCCc1ccc2cc(OCC3CO3)ccc2c1. The van der Waals surface area contributed by atoms with Crippen LogP contribution in [0.3, 0.4) is 0 Å². The van der Waals surface area contributed by atoms with Gasteiger partial charge in [0.25, 0.3) is 0 Å². The second-order valence-electron chi connectivity index (χ2n) is 9.94. The Morgan fingerprint density at radius 3 is 1.39 bits per heavy atom. The molecule has 0 N–H and O–H groups in total. The number of hydrogen-bond donors (Lipinski definition) is 0. The molecule has 0 amide bonds. The van der Waals surface area contributed by atoms with Crippen molar-refractivity contribution >= 4 is 21.5 Å². The molecule has 0 radical (unpaired) electrons. The van der Waals surface area contributed by atoms with Crippen molar-refractivity contribution in [2.75, 3.05) is 52.9 Å². The molecule has 0 aliphatic carbocycles. The Morgan fingerprint density at radius 1 is 0.526 bits per heavy atom. The summed E-state index contributed by atoms with van der Waals surface area (Å²) in [4.78, 5) is 0. The maximum atomic E-state index is 5.81. The number of ether oxygens (including phenoxy) is 6. The van der Waals surface area contributed by atoms with Gasteiger partial charge in [0, 0.05) is 0 Å². The van der Waals surface area contributed by atoms with Gasteiger partial charge < -0.3 is 28.4 Å². The summed E-state index contributed by atoms with van der Waals surface area (Å²) < 4.78 is 33.6. The van der Waals surface area contributed by atoms with Crippen LogP contribution in [0.2, 0.25) is 0 Å². The van der Waals surface area contributed by atoms with Crippen molar-refractivity contribution in [3.05, 3.63) is 83.9 Å². The van der Waals surface area contributed by atoms with Gasteiger partial charge >= 0.3 is 0 Å². The molecule has 6 heteroatoms. The molecule has 38 heavy (non-hydrogen) atoms. The zero-order valence-corrected chi connectivity index (χ0v) is 21.6. The first-order valence-electron chi connectivity index (χ1n) is 13.5. The van der Waals surface area contributed by atoms with Gasteiger partial charge in [-0.15, -0.1) is 0 Å². The Labute approximate surface area is 223 Å². The van der Waals surface area contributed by atoms with Gasteiger partial charge in [-0.3, -0.25) is 0 Å². The predicted octanol–water partition coefficient (Wildman–Crippen LogP) is 5.37. The standard InChI is InChI=1S/C32H34O6/c1-3-27-17-29(35-19-31-21-37-31)7-5-25(27)15-23(1)9-11-33-13-14-34-12-10-24-2-4-28-18-30(8-6-26(28)16-24)36-20-32-22-38-32/h1-8,15-18,31-32H,9-14,19-22H2. The largest absolute Gasteiger partial charge is 0.491 e. The van der Waals surface area contributed by atoms with Gasteiger partial charge in [-0.1, -0.05) is 48.5 Å². The summed E-state index contributed by atoms with van der Waals surface area (Å²) in [6, 6.07) is 25.5. The minimum absolute atomic E-state index is 0.269. The monoisotopic (exact) mass is 514 g/mol. The molecule has 0 bridgehead atoms. The van der Waals surface area contributed by atoms with Crippen molar-refractivity contribution in [2.45, 2.75) is 25.0 Å². The van der Waals surface area contributed by atoms with Crippen LogP contribution in [-0.4, -0.2) is 65.1 Å². The van der Waals surface area contributed by atoms with Crippen molar-refractivity contribution in [3.63, 3.8) is 0 Å². The van der Waals surface area contributed by atoms with Crippen LogP contribution in [0.15, 0.2) is 72.8 Å². The van der Waals surface area contributed by atoms with Crippen LogP contribution in [0.4, 0.5) is 0 Å². The first-order chi connectivity index (χ1) is 18.8. The van der Waals surface area contributed by atoms with Gasteiger partial charge in [-0.05, 0) is 69.8 Å². The van der Waals surface area contributed by atoms with E-state index in [1.807, 2.05) is 12.1 Å². The lowest BCUT2D eigenvalue weighted by atomic mass is 10.1. The van der Waals surface area contributed by atoms with E-state index in [1.54, 1.807) is 0 Å². The Kier molecular flexibility index (Phi) is 8.03. The topological polar surface area (TPSA) is 62.0 Å². The molecule has 6 rings (SSSR count). The van der Waals surface area contributed by atoms with Gasteiger partial charge in [0.1, 0.15) is 36.9 Å². The van der Waals surface area contributed by atoms with E-state index in [4.69, 9.17) is 28.4 Å². The van der Waals surface area contributed by atoms with Crippen molar-refractivity contribution in [1.82, 2.24) is 0 Å². The minimum atomic E-state index is 0.269. The highest BCUT2D eigenvalue weighted by Crippen LogP contribution is 2.25. The zero-order chi connectivity index (χ0) is 25.6. The average molecular weight is 515 g/mol. The Hall–Kier alpha value is -3.16. The molecular formula is C32H34O6. The molecule has 0 aromatic heterocycles. The van der Waals surface area contributed by atoms with Crippen LogP contribution >= 0.6 is 0 Å². The van der Waals surface area contributed by atoms with E-state index in [0.29, 0.717) is 39.6 Å². The molecule has 2 saturated heterocycles. The van der Waals surface area contributed by atoms with Crippen molar-refractivity contribution in [3.8, 4) is 11.5 Å². The molecule has 2 heterocycles. The number of hydrogen-bond acceptors (Lipinski definition) is 6. The fourth-order valence-electron chi connectivity index (χ4n) is 4.45. The summed E-state index contributed by atoms with van der Waals surface area (Å²) in [5, 5.41) is 4.79. The second kappa shape index (κ2) is 12.1. The molecular weight excluding hydrogens is 480 g/mol. The molecule has 2 unspecified atom stereocenters. The van der Waals surface area contributed by atoms with Crippen molar-refractivity contribution in [1.29, 1.82) is 0 Å². The van der Waals surface area contributed by atoms with Gasteiger partial charge in [0.05, 0.1) is 39.6 Å². The molecule has 0 saturated carbocycles. The minimum Gasteiger partial charge on any atom is -0.491 e. The fourth-order valence-corrected chi connectivity index (χ4v) is 4.45. The first kappa shape index (κ1) is 25.1. The number of benzene rings is 4. The highest BCUT2D eigenvalue weighted by Gasteiger charge is 2.23. The smallest absolute Gasteiger partial charge is 0.120 e. The quantitative estimate of drug-likeness (QED) is 0.157. The maximum absolute atomic E-state index is 5.81. The van der Waals surface area contributed by atoms with E-state index in [-0.39, 0.29) is 12.2 Å². The van der Waals surface area contributed by atoms with Crippen LogP contribution in [-0.2, 0) is 31.8 Å². The van der Waals surface area contributed by atoms with Gasteiger partial charge in [0.15, 0.2) is 0 Å². The lowest BCUT2D eigenvalue weighted by molar-refractivity contribution is 0.0501. The summed E-state index contributed by atoms with van der Waals surface area (Å²) in [6.45, 7) is 5.45. The molecule has 2 aliphatic rings. The molecule has 2 fully saturated rings. The summed E-state index contributed by atoms with van der Waals surface area (Å²) in [5.41, 5.74) is 2.54. The van der Waals surface area contributed by atoms with E-state index in [1.165, 1.54) is 32.7 Å². The van der Waals surface area contributed by atoms with E-state index >= 15 is 0 Å². The van der Waals surface area contributed by atoms with Crippen molar-refractivity contribution in [2.24, 2.45) is 0 Å². The molecule has 198 valence electrons. The van der Waals surface area contributed by atoms with Crippen LogP contribution in [0.5, 0.6) is 11.5 Å². The van der Waals surface area contributed by atoms with Crippen LogP contribution in [0.1, 0.15) is 11.1 Å². The van der Waals surface area contributed by atoms with Crippen LogP contribution in [0, 0.1) is 0 Å². The predicted molar refractivity (Wildman–Crippen MR) is 147 cm³/mol. The van der Waals surface area contributed by atoms with E-state index < -0.39 is 0 Å². The second-order valence-corrected chi connectivity index (χ2v) is 9.94. The number of rotatable bonds is 15. The Balaban J connectivity index is 0.866. The fraction of sp³-hybridized carbons (Fsp3) is 0.375. The van der Waals surface area contributed by atoms with E-state index in [0.717, 1.165) is 37.6 Å². The molecule has 0 spiro atoms. The third kappa shape index (κ3) is 7.23. The maximum Gasteiger partial charge on any atom is 0.120 e. The summed E-state index contributed by atoms with van der Waals surface area (Å²) in [5.74, 6) is 1.79. The number of epoxide rings is 2. The molecule has 4 aromatic rings. The van der Waals surface area contributed by atoms with Crippen LogP contribution < -0.4 is 9.47 Å². The highest BCUT2D eigenvalue weighted by atomic mass is 16.6. The lowest BCUT2D eigenvalue weighted by Gasteiger charge is -2.09. The van der Waals surface area contributed by atoms with Gasteiger partial charge in [0.2, 0.25) is 0 Å². The summed E-state index contributed by atoms with van der Waals surface area (Å²) in [7, 11) is 0. The molecule has 4 aromatic carbocycles. The Bertz CT molecular complexity index is 1260. The number of fused-ring (bicyclic) bond motifs is 2. The third-order valence-electron chi connectivity index (χ3n) is 6.87. The van der Waals surface area contributed by atoms with Gasteiger partial charge in [-0.2, -0.15) is 0 Å². The first-order valence-corrected chi connectivity index (χ1v) is 13.5. The molecule has 2 atom stereocenters. The van der Waals surface area contributed by atoms with E-state index in [9.17, 15) is 0 Å². The van der Waals surface area contributed by atoms with Gasteiger partial charge in [-0.25, -0.2) is 0 Å².